The molecule has 0 unspecified atom stereocenters. The first-order valence-corrected chi connectivity index (χ1v) is 7.40. The Kier molecular flexibility index (Phi) is 2.72. The van der Waals surface area contributed by atoms with E-state index in [1.165, 1.54) is 0 Å². The van der Waals surface area contributed by atoms with E-state index in [9.17, 15) is 9.90 Å². The number of ether oxygens (including phenoxy) is 1. The zero-order valence-corrected chi connectivity index (χ0v) is 12.4. The third kappa shape index (κ3) is 1.81. The van der Waals surface area contributed by atoms with Gasteiger partial charge >= 0.3 is 0 Å². The number of carbonyl (C=O) groups is 1. The van der Waals surface area contributed by atoms with Crippen LogP contribution >= 0.6 is 0 Å². The molecule has 2 atom stereocenters. The van der Waals surface area contributed by atoms with Gasteiger partial charge < -0.3 is 14.7 Å². The Bertz CT molecular complexity index is 754. The van der Waals surface area contributed by atoms with Crippen molar-refractivity contribution in [2.75, 3.05) is 6.54 Å². The summed E-state index contributed by atoms with van der Waals surface area (Å²) in [6.07, 6.45) is 0.513. The summed E-state index contributed by atoms with van der Waals surface area (Å²) in [6, 6.07) is 3.10. The average Bonchev–Trinajstić information content (AvgIpc) is 3.07. The number of rotatable bonds is 1. The van der Waals surface area contributed by atoms with Crippen LogP contribution < -0.4 is 4.74 Å². The number of hydrogen-bond acceptors (Lipinski definition) is 6. The Morgan fingerprint density at radius 1 is 1.32 bits per heavy atom. The van der Waals surface area contributed by atoms with Crippen LogP contribution in [0.4, 0.5) is 0 Å². The molecule has 2 aromatic rings. The molecule has 0 aliphatic carbocycles. The first kappa shape index (κ1) is 13.5. The molecule has 3 heterocycles. The largest absolute Gasteiger partial charge is 0.485 e. The standard InChI is InChI=1S/C15H17N3O4/c1-15(2)14(20)13(18-5-3-4-12(18)19)8-6-9-10(17-22-16-9)7-11(8)21-15/h6-7,13-14,20H,3-5H2,1-2H3/t13-,14+/m1/s1. The second-order valence-electron chi connectivity index (χ2n) is 6.43. The molecule has 0 saturated carbocycles. The number of fused-ring (bicyclic) bond motifs is 2. The molecule has 1 aromatic heterocycles. The number of benzene rings is 1. The van der Waals surface area contributed by atoms with E-state index >= 15 is 0 Å². The molecule has 0 spiro atoms. The molecule has 1 amide bonds. The van der Waals surface area contributed by atoms with Crippen LogP contribution in [-0.2, 0) is 4.79 Å². The summed E-state index contributed by atoms with van der Waals surface area (Å²) in [7, 11) is 0. The van der Waals surface area contributed by atoms with Crippen molar-refractivity contribution in [3.8, 4) is 5.75 Å². The van der Waals surface area contributed by atoms with Gasteiger partial charge in [-0.2, -0.15) is 0 Å². The van der Waals surface area contributed by atoms with E-state index in [4.69, 9.17) is 9.37 Å². The predicted octanol–water partition coefficient (Wildman–Crippen LogP) is 1.42. The zero-order valence-electron chi connectivity index (χ0n) is 12.4. The number of nitrogens with zero attached hydrogens (tertiary/aromatic N) is 3. The monoisotopic (exact) mass is 303 g/mol. The van der Waals surface area contributed by atoms with E-state index in [0.29, 0.717) is 29.7 Å². The third-order valence-electron chi connectivity index (χ3n) is 4.53. The molecule has 7 heteroatoms. The van der Waals surface area contributed by atoms with Crippen LogP contribution in [0.25, 0.3) is 11.0 Å². The lowest BCUT2D eigenvalue weighted by Gasteiger charge is -2.45. The predicted molar refractivity (Wildman–Crippen MR) is 76.2 cm³/mol. The van der Waals surface area contributed by atoms with E-state index < -0.39 is 17.7 Å². The van der Waals surface area contributed by atoms with Gasteiger partial charge in [-0.1, -0.05) is 0 Å². The molecule has 0 radical (unpaired) electrons. The summed E-state index contributed by atoms with van der Waals surface area (Å²) in [5.74, 6) is 0.675. The lowest BCUT2D eigenvalue weighted by molar-refractivity contribution is -0.139. The van der Waals surface area contributed by atoms with Crippen molar-refractivity contribution < 1.29 is 19.3 Å². The van der Waals surface area contributed by atoms with Gasteiger partial charge in [-0.25, -0.2) is 4.63 Å². The Labute approximate surface area is 126 Å². The van der Waals surface area contributed by atoms with Crippen LogP contribution in [0.3, 0.4) is 0 Å². The lowest BCUT2D eigenvalue weighted by Crippen LogP contribution is -2.53. The Morgan fingerprint density at radius 2 is 2.05 bits per heavy atom. The molecular weight excluding hydrogens is 286 g/mol. The van der Waals surface area contributed by atoms with Gasteiger partial charge in [0.1, 0.15) is 28.5 Å². The highest BCUT2D eigenvalue weighted by Gasteiger charge is 2.47. The second kappa shape index (κ2) is 4.42. The van der Waals surface area contributed by atoms with Gasteiger partial charge in [0.15, 0.2) is 0 Å². The van der Waals surface area contributed by atoms with Crippen LogP contribution in [0.5, 0.6) is 5.75 Å². The average molecular weight is 303 g/mol. The fourth-order valence-corrected chi connectivity index (χ4v) is 3.34. The number of amides is 1. The molecule has 1 fully saturated rings. The summed E-state index contributed by atoms with van der Waals surface area (Å²) in [6.45, 7) is 4.28. The Hall–Kier alpha value is -2.15. The zero-order chi connectivity index (χ0) is 15.5. The number of aliphatic hydroxyl groups excluding tert-OH is 1. The van der Waals surface area contributed by atoms with Gasteiger partial charge in [0.25, 0.3) is 0 Å². The maximum absolute atomic E-state index is 12.2. The minimum Gasteiger partial charge on any atom is -0.485 e. The van der Waals surface area contributed by atoms with Gasteiger partial charge in [0.05, 0.1) is 6.04 Å². The summed E-state index contributed by atoms with van der Waals surface area (Å²) < 4.78 is 10.7. The normalized spacial score (nSPS) is 27.0. The van der Waals surface area contributed by atoms with Gasteiger partial charge in [-0.15, -0.1) is 0 Å². The van der Waals surface area contributed by atoms with Crippen molar-refractivity contribution in [2.45, 2.75) is 44.4 Å². The van der Waals surface area contributed by atoms with Crippen molar-refractivity contribution in [2.24, 2.45) is 0 Å². The maximum atomic E-state index is 12.2. The molecule has 22 heavy (non-hydrogen) atoms. The second-order valence-corrected chi connectivity index (χ2v) is 6.43. The molecule has 7 nitrogen and oxygen atoms in total. The summed E-state index contributed by atoms with van der Waals surface area (Å²) in [4.78, 5) is 13.9. The Balaban J connectivity index is 1.90. The highest BCUT2D eigenvalue weighted by atomic mass is 16.6. The van der Waals surface area contributed by atoms with Crippen LogP contribution in [0.1, 0.15) is 38.3 Å². The third-order valence-corrected chi connectivity index (χ3v) is 4.53. The number of likely N-dealkylation sites (tertiary alicyclic amines) is 1. The topological polar surface area (TPSA) is 88.7 Å². The van der Waals surface area contributed by atoms with Crippen LogP contribution in [0.2, 0.25) is 0 Å². The van der Waals surface area contributed by atoms with E-state index in [1.807, 2.05) is 13.8 Å². The van der Waals surface area contributed by atoms with Crippen molar-refractivity contribution in [3.63, 3.8) is 0 Å². The van der Waals surface area contributed by atoms with Crippen molar-refractivity contribution >= 4 is 16.9 Å². The van der Waals surface area contributed by atoms with Crippen LogP contribution in [-0.4, -0.2) is 44.5 Å². The number of aliphatic hydroxyl groups is 1. The number of carbonyl (C=O) groups excluding carboxylic acids is 1. The van der Waals surface area contributed by atoms with E-state index in [2.05, 4.69) is 10.3 Å². The summed E-state index contributed by atoms with van der Waals surface area (Å²) in [5.41, 5.74) is 1.14. The molecule has 1 aromatic carbocycles. The molecule has 0 bridgehead atoms. The molecule has 1 N–H and O–H groups in total. The van der Waals surface area contributed by atoms with Gasteiger partial charge in [0, 0.05) is 24.6 Å². The van der Waals surface area contributed by atoms with E-state index in [1.54, 1.807) is 17.0 Å². The van der Waals surface area contributed by atoms with E-state index in [-0.39, 0.29) is 5.91 Å². The molecule has 116 valence electrons. The van der Waals surface area contributed by atoms with Crippen molar-refractivity contribution in [1.29, 1.82) is 0 Å². The quantitative estimate of drug-likeness (QED) is 0.857. The fraction of sp³-hybridized carbons (Fsp3) is 0.533. The van der Waals surface area contributed by atoms with Crippen LogP contribution in [0.15, 0.2) is 16.8 Å². The molecular formula is C15H17N3O4. The van der Waals surface area contributed by atoms with Crippen LogP contribution in [0, 0.1) is 0 Å². The maximum Gasteiger partial charge on any atom is 0.223 e. The van der Waals surface area contributed by atoms with Gasteiger partial charge in [-0.05, 0) is 36.6 Å². The van der Waals surface area contributed by atoms with Gasteiger partial charge in [-0.3, -0.25) is 4.79 Å². The Morgan fingerprint density at radius 3 is 2.73 bits per heavy atom. The first-order valence-electron chi connectivity index (χ1n) is 7.40. The minimum atomic E-state index is -0.820. The highest BCUT2D eigenvalue weighted by Crippen LogP contribution is 2.45. The molecule has 1 saturated heterocycles. The molecule has 4 rings (SSSR count). The fourth-order valence-electron chi connectivity index (χ4n) is 3.34. The van der Waals surface area contributed by atoms with Gasteiger partial charge in [0.2, 0.25) is 5.91 Å². The number of hydrogen-bond donors (Lipinski definition) is 1. The highest BCUT2D eigenvalue weighted by molar-refractivity contribution is 5.81. The number of aromatic nitrogens is 2. The summed E-state index contributed by atoms with van der Waals surface area (Å²) >= 11 is 0. The molecule has 2 aliphatic heterocycles. The van der Waals surface area contributed by atoms with Crippen molar-refractivity contribution in [3.05, 3.63) is 17.7 Å². The lowest BCUT2D eigenvalue weighted by atomic mass is 9.85. The minimum absolute atomic E-state index is 0.0612. The smallest absolute Gasteiger partial charge is 0.223 e. The first-order chi connectivity index (χ1) is 10.5. The van der Waals surface area contributed by atoms with Crippen molar-refractivity contribution in [1.82, 2.24) is 15.2 Å². The summed E-state index contributed by atoms with van der Waals surface area (Å²) in [5, 5.41) is 18.4. The van der Waals surface area contributed by atoms with E-state index in [0.717, 1.165) is 12.0 Å². The SMILES string of the molecule is CC1(C)Oc2cc3nonc3cc2[C@@H](N2CCCC2=O)[C@@H]1O. The molecule has 2 aliphatic rings.